The lowest BCUT2D eigenvalue weighted by Gasteiger charge is -2.20. The van der Waals surface area contributed by atoms with Crippen molar-refractivity contribution < 1.29 is 0 Å². The molecule has 3 heterocycles. The Balaban J connectivity index is 1.06. The highest BCUT2D eigenvalue weighted by atomic mass is 15.0. The van der Waals surface area contributed by atoms with E-state index in [4.69, 9.17) is 21.5 Å². The van der Waals surface area contributed by atoms with Crippen molar-refractivity contribution >= 4 is 66.5 Å². The molecule has 0 aliphatic carbocycles. The number of fused-ring (bicyclic) bond motifs is 6. The number of allylic oxidation sites excluding steroid dienone is 4. The van der Waals surface area contributed by atoms with Crippen molar-refractivity contribution in [2.45, 2.75) is 0 Å². The first-order valence-electron chi connectivity index (χ1n) is 27.0. The maximum atomic E-state index is 5.21. The summed E-state index contributed by atoms with van der Waals surface area (Å²) in [4.78, 5) is 15.5. The van der Waals surface area contributed by atoms with E-state index in [0.717, 1.165) is 105 Å². The lowest BCUT2D eigenvalue weighted by Crippen LogP contribution is -2.04. The first kappa shape index (κ1) is 47.7. The van der Waals surface area contributed by atoms with E-state index < -0.39 is 0 Å². The van der Waals surface area contributed by atoms with Gasteiger partial charge in [0.05, 0.1) is 27.8 Å². The first-order valence-corrected chi connectivity index (χ1v) is 27.0. The molecule has 0 radical (unpaired) electrons. The van der Waals surface area contributed by atoms with Gasteiger partial charge in [0.2, 0.25) is 0 Å². The van der Waals surface area contributed by atoms with Crippen LogP contribution in [0.4, 0.5) is 0 Å². The van der Waals surface area contributed by atoms with Crippen LogP contribution in [0.3, 0.4) is 0 Å². The average molecular weight is 1020 g/mol. The summed E-state index contributed by atoms with van der Waals surface area (Å²) < 4.78 is 4.87. The smallest absolute Gasteiger partial charge is 0.164 e. The zero-order chi connectivity index (χ0) is 53.4. The van der Waals surface area contributed by atoms with Crippen molar-refractivity contribution in [2.75, 3.05) is 0 Å². The summed E-state index contributed by atoms with van der Waals surface area (Å²) in [6.45, 7) is 4.85. The predicted molar refractivity (Wildman–Crippen MR) is 335 cm³/mol. The van der Waals surface area contributed by atoms with Gasteiger partial charge < -0.3 is 9.13 Å². The molecule has 0 atom stereocenters. The SMILES string of the molecule is C=C(/C=C(\C(=C\c1ccc(-c2ccccc2)cc1)n1c2ccc(-c3ccccc3)cc2c2ccc(-n3c4ccccc4c4ccccc43)cc21)c1ccc(-c2ccccc2)cc1)c1nc(-c2ccccc2)nc(-c2ccccc2)n1. The summed E-state index contributed by atoms with van der Waals surface area (Å²) in [6.07, 6.45) is 4.50. The van der Waals surface area contributed by atoms with Crippen molar-refractivity contribution in [3.05, 3.63) is 315 Å². The van der Waals surface area contributed by atoms with Crippen LogP contribution in [0.1, 0.15) is 17.0 Å². The quantitative estimate of drug-likeness (QED) is 0.115. The van der Waals surface area contributed by atoms with Crippen LogP contribution in [0.2, 0.25) is 0 Å². The van der Waals surface area contributed by atoms with Crippen molar-refractivity contribution in [1.29, 1.82) is 0 Å². The van der Waals surface area contributed by atoms with Crippen molar-refractivity contribution in [3.8, 4) is 61.8 Å². The second-order valence-electron chi connectivity index (χ2n) is 20.1. The summed E-state index contributed by atoms with van der Waals surface area (Å²) in [7, 11) is 0. The minimum absolute atomic E-state index is 0.478. The molecule has 0 saturated carbocycles. The average Bonchev–Trinajstić information content (AvgIpc) is 4.28. The van der Waals surface area contributed by atoms with Crippen LogP contribution < -0.4 is 0 Å². The third kappa shape index (κ3) is 8.98. The molecule has 11 aromatic carbocycles. The van der Waals surface area contributed by atoms with Gasteiger partial charge in [-0.05, 0) is 93.1 Å². The monoisotopic (exact) mass is 1020 g/mol. The van der Waals surface area contributed by atoms with Gasteiger partial charge in [-0.15, -0.1) is 0 Å². The Labute approximate surface area is 464 Å². The van der Waals surface area contributed by atoms with Crippen LogP contribution in [-0.2, 0) is 0 Å². The molecule has 0 amide bonds. The zero-order valence-electron chi connectivity index (χ0n) is 43.7. The van der Waals surface area contributed by atoms with E-state index in [1.807, 2.05) is 60.7 Å². The molecule has 3 aromatic heterocycles. The number of hydrogen-bond acceptors (Lipinski definition) is 3. The Bertz CT molecular complexity index is 4540. The van der Waals surface area contributed by atoms with Crippen LogP contribution in [0.5, 0.6) is 0 Å². The molecule has 0 unspecified atom stereocenters. The number of para-hydroxylation sites is 2. The number of hydrogen-bond donors (Lipinski definition) is 0. The van der Waals surface area contributed by atoms with Crippen molar-refractivity contribution in [2.24, 2.45) is 0 Å². The second kappa shape index (κ2) is 20.7. The molecule has 0 aliphatic heterocycles. The van der Waals surface area contributed by atoms with Gasteiger partial charge in [0.15, 0.2) is 17.5 Å². The molecular formula is C75H51N5. The van der Waals surface area contributed by atoms with Crippen LogP contribution in [0.25, 0.3) is 128 Å². The summed E-state index contributed by atoms with van der Waals surface area (Å²) in [5.74, 6) is 1.62. The largest absolute Gasteiger partial charge is 0.309 e. The van der Waals surface area contributed by atoms with Crippen molar-refractivity contribution in [3.63, 3.8) is 0 Å². The Hall–Kier alpha value is -10.8. The molecule has 0 saturated heterocycles. The van der Waals surface area contributed by atoms with E-state index in [1.165, 1.54) is 10.8 Å². The van der Waals surface area contributed by atoms with Gasteiger partial charge in [-0.2, -0.15) is 0 Å². The Morgan fingerprint density at radius 3 is 1.31 bits per heavy atom. The minimum atomic E-state index is 0.478. The lowest BCUT2D eigenvalue weighted by atomic mass is 9.95. The fourth-order valence-electron chi connectivity index (χ4n) is 11.2. The van der Waals surface area contributed by atoms with Crippen LogP contribution in [0, 0.1) is 0 Å². The number of benzene rings is 11. The van der Waals surface area contributed by atoms with E-state index in [1.54, 1.807) is 0 Å². The Kier molecular flexibility index (Phi) is 12.3. The summed E-state index contributed by atoms with van der Waals surface area (Å²) in [5.41, 5.74) is 18.6. The summed E-state index contributed by atoms with van der Waals surface area (Å²) in [5, 5.41) is 4.68. The molecule has 14 rings (SSSR count). The van der Waals surface area contributed by atoms with Gasteiger partial charge in [-0.3, -0.25) is 0 Å². The van der Waals surface area contributed by atoms with E-state index in [-0.39, 0.29) is 0 Å². The molecule has 0 fully saturated rings. The topological polar surface area (TPSA) is 48.5 Å². The molecule has 5 nitrogen and oxygen atoms in total. The molecule has 14 aromatic rings. The van der Waals surface area contributed by atoms with E-state index in [0.29, 0.717) is 23.0 Å². The minimum Gasteiger partial charge on any atom is -0.309 e. The number of rotatable bonds is 12. The van der Waals surface area contributed by atoms with Gasteiger partial charge in [0, 0.05) is 49.5 Å². The fraction of sp³-hybridized carbons (Fsp3) is 0. The van der Waals surface area contributed by atoms with Gasteiger partial charge in [0.1, 0.15) is 0 Å². The van der Waals surface area contributed by atoms with Gasteiger partial charge in [0.25, 0.3) is 0 Å². The first-order chi connectivity index (χ1) is 39.6. The molecule has 80 heavy (non-hydrogen) atoms. The van der Waals surface area contributed by atoms with Crippen LogP contribution >= 0.6 is 0 Å². The van der Waals surface area contributed by atoms with E-state index >= 15 is 0 Å². The van der Waals surface area contributed by atoms with Gasteiger partial charge in [-0.25, -0.2) is 15.0 Å². The maximum absolute atomic E-state index is 5.21. The van der Waals surface area contributed by atoms with Crippen LogP contribution in [-0.4, -0.2) is 24.1 Å². The standard InChI is InChI=1S/C75H51N5/c1-51(73-76-74(59-27-13-5-14-28-59)78-75(77-73)60-29-15-6-16-30-60)47-66(58-41-39-57(40-42-58)54-23-9-3-10-24-54)71(48-52-35-37-56(38-36-52)53-21-7-2-8-22-53)80-70-46-43-61(55-25-11-4-12-26-55)49-67(70)65-45-44-62(50-72(65)80)79-68-33-19-17-31-63(68)64-32-18-20-34-69(64)79/h2-50H,1H2/b66-47-,71-48-. The Morgan fingerprint density at radius 1 is 0.338 bits per heavy atom. The van der Waals surface area contributed by atoms with Crippen molar-refractivity contribution in [1.82, 2.24) is 24.1 Å². The molecule has 0 aliphatic rings. The summed E-state index contributed by atoms with van der Waals surface area (Å²) >= 11 is 0. The summed E-state index contributed by atoms with van der Waals surface area (Å²) in [6, 6.07) is 101. The highest BCUT2D eigenvalue weighted by Crippen LogP contribution is 2.43. The highest BCUT2D eigenvalue weighted by molar-refractivity contribution is 6.18. The van der Waals surface area contributed by atoms with Crippen LogP contribution in [0.15, 0.2) is 298 Å². The molecule has 5 heteroatoms. The Morgan fingerprint density at radius 2 is 0.775 bits per heavy atom. The van der Waals surface area contributed by atoms with E-state index in [2.05, 4.69) is 246 Å². The predicted octanol–water partition coefficient (Wildman–Crippen LogP) is 19.2. The van der Waals surface area contributed by atoms with E-state index in [9.17, 15) is 0 Å². The molecule has 0 N–H and O–H groups in total. The highest BCUT2D eigenvalue weighted by Gasteiger charge is 2.23. The molecular weight excluding hydrogens is 971 g/mol. The van der Waals surface area contributed by atoms with Gasteiger partial charge in [-0.1, -0.05) is 255 Å². The zero-order valence-corrected chi connectivity index (χ0v) is 43.7. The molecule has 0 bridgehead atoms. The van der Waals surface area contributed by atoms with Gasteiger partial charge >= 0.3 is 0 Å². The normalized spacial score (nSPS) is 11.9. The second-order valence-corrected chi connectivity index (χ2v) is 20.1. The lowest BCUT2D eigenvalue weighted by molar-refractivity contribution is 1.04. The fourth-order valence-corrected chi connectivity index (χ4v) is 11.2. The maximum Gasteiger partial charge on any atom is 0.164 e. The number of aromatic nitrogens is 5. The third-order valence-electron chi connectivity index (χ3n) is 15.1. The molecule has 376 valence electrons. The molecule has 0 spiro atoms. The third-order valence-corrected chi connectivity index (χ3v) is 15.1. The number of nitrogens with zero attached hydrogens (tertiary/aromatic N) is 5.